The molecule has 0 aliphatic rings. The van der Waals surface area contributed by atoms with Gasteiger partial charge in [0.25, 0.3) is 0 Å². The molecule has 4 nitrogen and oxygen atoms in total. The summed E-state index contributed by atoms with van der Waals surface area (Å²) in [4.78, 5) is 13.9. The average molecular weight is 245 g/mol. The maximum absolute atomic E-state index is 12.4. The van der Waals surface area contributed by atoms with Gasteiger partial charge in [-0.25, -0.2) is 0 Å². The van der Waals surface area contributed by atoms with Crippen molar-refractivity contribution in [2.24, 2.45) is 0 Å². The van der Waals surface area contributed by atoms with E-state index in [1.807, 2.05) is 26.8 Å². The van der Waals surface area contributed by atoms with Gasteiger partial charge in [0.05, 0.1) is 16.8 Å². The molecule has 0 radical (unpaired) electrons. The molecule has 0 fully saturated rings. The van der Waals surface area contributed by atoms with Crippen molar-refractivity contribution >= 4 is 11.6 Å². The Hall–Kier alpha value is -1.86. The van der Waals surface area contributed by atoms with Crippen molar-refractivity contribution < 1.29 is 4.79 Å². The number of amides is 1. The first-order chi connectivity index (χ1) is 8.44. The first kappa shape index (κ1) is 14.2. The molecule has 0 aromatic heterocycles. The number of carbonyl (C=O) groups is 1. The molecule has 0 saturated heterocycles. The summed E-state index contributed by atoms with van der Waals surface area (Å²) in [7, 11) is 1.69. The second-order valence-corrected chi connectivity index (χ2v) is 4.65. The molecular formula is C14H19N3O. The predicted molar refractivity (Wildman–Crippen MR) is 72.3 cm³/mol. The monoisotopic (exact) mass is 245 g/mol. The zero-order valence-corrected chi connectivity index (χ0v) is 11.3. The summed E-state index contributed by atoms with van der Waals surface area (Å²) in [6.45, 7) is 6.35. The Morgan fingerprint density at radius 2 is 2.06 bits per heavy atom. The van der Waals surface area contributed by atoms with Gasteiger partial charge in [0.1, 0.15) is 6.07 Å². The van der Waals surface area contributed by atoms with Crippen LogP contribution in [0.4, 0.5) is 5.69 Å². The van der Waals surface area contributed by atoms with E-state index in [4.69, 9.17) is 5.26 Å². The molecule has 96 valence electrons. The molecule has 0 heterocycles. The zero-order valence-electron chi connectivity index (χ0n) is 11.3. The second-order valence-electron chi connectivity index (χ2n) is 4.65. The molecule has 0 aliphatic carbocycles. The first-order valence-corrected chi connectivity index (χ1v) is 5.96. The molecule has 0 saturated carbocycles. The van der Waals surface area contributed by atoms with Crippen LogP contribution in [0.3, 0.4) is 0 Å². The Bertz CT molecular complexity index is 474. The van der Waals surface area contributed by atoms with Gasteiger partial charge in [0, 0.05) is 7.05 Å². The van der Waals surface area contributed by atoms with E-state index < -0.39 is 5.54 Å². The van der Waals surface area contributed by atoms with Crippen LogP contribution in [0.1, 0.15) is 26.3 Å². The molecule has 0 spiro atoms. The quantitative estimate of drug-likeness (QED) is 0.881. The normalized spacial score (nSPS) is 10.8. The molecule has 1 aromatic rings. The van der Waals surface area contributed by atoms with E-state index in [0.717, 1.165) is 0 Å². The first-order valence-electron chi connectivity index (χ1n) is 5.96. The number of nitrogens with one attached hydrogen (secondary N) is 1. The van der Waals surface area contributed by atoms with Gasteiger partial charge in [-0.3, -0.25) is 4.79 Å². The number of benzene rings is 1. The van der Waals surface area contributed by atoms with Crippen molar-refractivity contribution in [3.8, 4) is 6.07 Å². The Kier molecular flexibility index (Phi) is 4.46. The standard InChI is InChI=1S/C14H19N3O/c1-5-16-14(2,3)13(18)17(4)12-9-7-6-8-11(12)10-15/h6-9,16H,5H2,1-4H3. The number of likely N-dealkylation sites (N-methyl/N-ethyl adjacent to an activating group) is 2. The van der Waals surface area contributed by atoms with E-state index in [9.17, 15) is 4.79 Å². The molecule has 18 heavy (non-hydrogen) atoms. The van der Waals surface area contributed by atoms with Gasteiger partial charge in [-0.15, -0.1) is 0 Å². The molecule has 1 amide bonds. The summed E-state index contributed by atoms with van der Waals surface area (Å²) in [5.74, 6) is -0.0629. The summed E-state index contributed by atoms with van der Waals surface area (Å²) >= 11 is 0. The van der Waals surface area contributed by atoms with Crippen LogP contribution in [0.2, 0.25) is 0 Å². The SMILES string of the molecule is CCNC(C)(C)C(=O)N(C)c1ccccc1C#N. The topological polar surface area (TPSA) is 56.1 Å². The molecule has 1 rings (SSSR count). The number of nitrogens with zero attached hydrogens (tertiary/aromatic N) is 2. The lowest BCUT2D eigenvalue weighted by atomic mass is 10.0. The Morgan fingerprint density at radius 3 is 2.61 bits per heavy atom. The van der Waals surface area contributed by atoms with E-state index in [-0.39, 0.29) is 5.91 Å². The number of carbonyl (C=O) groups excluding carboxylic acids is 1. The van der Waals surface area contributed by atoms with Gasteiger partial charge in [0.2, 0.25) is 5.91 Å². The van der Waals surface area contributed by atoms with Gasteiger partial charge >= 0.3 is 0 Å². The third kappa shape index (κ3) is 2.88. The van der Waals surface area contributed by atoms with Crippen LogP contribution < -0.4 is 10.2 Å². The van der Waals surface area contributed by atoms with Crippen molar-refractivity contribution in [1.82, 2.24) is 5.32 Å². The Balaban J connectivity index is 3.04. The van der Waals surface area contributed by atoms with Crippen LogP contribution in [-0.2, 0) is 4.79 Å². The molecule has 0 bridgehead atoms. The van der Waals surface area contributed by atoms with Crippen LogP contribution >= 0.6 is 0 Å². The Labute approximate surface area is 108 Å². The fourth-order valence-electron chi connectivity index (χ4n) is 1.91. The summed E-state index contributed by atoms with van der Waals surface area (Å²) in [6.07, 6.45) is 0. The molecule has 0 unspecified atom stereocenters. The van der Waals surface area contributed by atoms with E-state index in [1.54, 1.807) is 25.2 Å². The fourth-order valence-corrected chi connectivity index (χ4v) is 1.91. The summed E-state index contributed by atoms with van der Waals surface area (Å²) in [5.41, 5.74) is 0.489. The number of hydrogen-bond donors (Lipinski definition) is 1. The maximum atomic E-state index is 12.4. The molecule has 1 N–H and O–H groups in total. The predicted octanol–water partition coefficient (Wildman–Crippen LogP) is 1.91. The maximum Gasteiger partial charge on any atom is 0.246 e. The lowest BCUT2D eigenvalue weighted by Gasteiger charge is -2.30. The van der Waals surface area contributed by atoms with Gasteiger partial charge in [0.15, 0.2) is 0 Å². The fraction of sp³-hybridized carbons (Fsp3) is 0.429. The second kappa shape index (κ2) is 5.65. The van der Waals surface area contributed by atoms with Crippen molar-refractivity contribution in [2.45, 2.75) is 26.3 Å². The third-order valence-electron chi connectivity index (χ3n) is 2.84. The molecule has 0 aliphatic heterocycles. The molecule has 1 aromatic carbocycles. The number of hydrogen-bond acceptors (Lipinski definition) is 3. The number of anilines is 1. The third-order valence-corrected chi connectivity index (χ3v) is 2.84. The minimum Gasteiger partial charge on any atom is -0.313 e. The van der Waals surface area contributed by atoms with Crippen molar-refractivity contribution in [3.63, 3.8) is 0 Å². The summed E-state index contributed by atoms with van der Waals surface area (Å²) < 4.78 is 0. The number of nitriles is 1. The highest BCUT2D eigenvalue weighted by Crippen LogP contribution is 2.21. The summed E-state index contributed by atoms with van der Waals surface area (Å²) in [6, 6.07) is 9.19. The van der Waals surface area contributed by atoms with Gasteiger partial charge < -0.3 is 10.2 Å². The highest BCUT2D eigenvalue weighted by molar-refractivity contribution is 6.00. The van der Waals surface area contributed by atoms with Crippen molar-refractivity contribution in [1.29, 1.82) is 5.26 Å². The van der Waals surface area contributed by atoms with Crippen LogP contribution in [-0.4, -0.2) is 25.0 Å². The lowest BCUT2D eigenvalue weighted by Crippen LogP contribution is -2.53. The number of para-hydroxylation sites is 1. The van der Waals surface area contributed by atoms with Crippen LogP contribution in [0, 0.1) is 11.3 Å². The zero-order chi connectivity index (χ0) is 13.8. The minimum atomic E-state index is -0.647. The lowest BCUT2D eigenvalue weighted by molar-refractivity contribution is -0.123. The largest absolute Gasteiger partial charge is 0.313 e. The minimum absolute atomic E-state index is 0.0629. The van der Waals surface area contributed by atoms with E-state index >= 15 is 0 Å². The van der Waals surface area contributed by atoms with E-state index in [2.05, 4.69) is 11.4 Å². The average Bonchev–Trinajstić information content (AvgIpc) is 2.36. The molecular weight excluding hydrogens is 226 g/mol. The van der Waals surface area contributed by atoms with Crippen LogP contribution in [0.25, 0.3) is 0 Å². The van der Waals surface area contributed by atoms with E-state index in [0.29, 0.717) is 17.8 Å². The molecule has 0 atom stereocenters. The Morgan fingerprint density at radius 1 is 1.44 bits per heavy atom. The highest BCUT2D eigenvalue weighted by atomic mass is 16.2. The smallest absolute Gasteiger partial charge is 0.246 e. The van der Waals surface area contributed by atoms with Gasteiger partial charge in [-0.05, 0) is 32.5 Å². The van der Waals surface area contributed by atoms with Crippen molar-refractivity contribution in [3.05, 3.63) is 29.8 Å². The van der Waals surface area contributed by atoms with Gasteiger partial charge in [-0.1, -0.05) is 19.1 Å². The number of rotatable bonds is 4. The van der Waals surface area contributed by atoms with Gasteiger partial charge in [-0.2, -0.15) is 5.26 Å². The summed E-state index contributed by atoms with van der Waals surface area (Å²) in [5, 5.41) is 12.2. The van der Waals surface area contributed by atoms with Crippen LogP contribution in [0.5, 0.6) is 0 Å². The van der Waals surface area contributed by atoms with Crippen molar-refractivity contribution in [2.75, 3.05) is 18.5 Å². The van der Waals surface area contributed by atoms with E-state index in [1.165, 1.54) is 4.90 Å². The van der Waals surface area contributed by atoms with Crippen LogP contribution in [0.15, 0.2) is 24.3 Å². The highest BCUT2D eigenvalue weighted by Gasteiger charge is 2.30. The molecule has 4 heteroatoms.